The molecule has 3 heterocycles. The van der Waals surface area contributed by atoms with Crippen LogP contribution in [0.2, 0.25) is 0 Å². The summed E-state index contributed by atoms with van der Waals surface area (Å²) >= 11 is 0. The highest BCUT2D eigenvalue weighted by molar-refractivity contribution is 5.92. The third-order valence-corrected chi connectivity index (χ3v) is 5.00. The van der Waals surface area contributed by atoms with Gasteiger partial charge in [-0.3, -0.25) is 4.79 Å². The minimum absolute atomic E-state index is 0.102. The molecule has 0 aliphatic carbocycles. The minimum Gasteiger partial charge on any atom is -0.355 e. The largest absolute Gasteiger partial charge is 0.355 e. The Morgan fingerprint density at radius 1 is 1.30 bits per heavy atom. The van der Waals surface area contributed by atoms with Crippen LogP contribution in [0.15, 0.2) is 42.9 Å². The second kappa shape index (κ2) is 7.08. The first kappa shape index (κ1) is 17.0. The Hall–Kier alpha value is -3.40. The molecule has 0 radical (unpaired) electrons. The van der Waals surface area contributed by atoms with Crippen molar-refractivity contribution in [2.24, 2.45) is 7.05 Å². The van der Waals surface area contributed by atoms with Crippen LogP contribution in [0.1, 0.15) is 28.9 Å². The van der Waals surface area contributed by atoms with E-state index in [0.717, 1.165) is 42.7 Å². The maximum Gasteiger partial charge on any atom is 0.269 e. The molecule has 1 aliphatic rings. The van der Waals surface area contributed by atoms with Crippen LogP contribution in [0.5, 0.6) is 0 Å². The molecule has 1 amide bonds. The van der Waals surface area contributed by atoms with Crippen LogP contribution in [0, 0.1) is 11.3 Å². The molecule has 1 N–H and O–H groups in total. The molecule has 0 atom stereocenters. The zero-order chi connectivity index (χ0) is 18.8. The Morgan fingerprint density at radius 2 is 2.07 bits per heavy atom. The molecule has 1 saturated heterocycles. The number of amides is 1. The molecule has 3 aromatic rings. The van der Waals surface area contributed by atoms with Crippen LogP contribution in [-0.2, 0) is 7.05 Å². The lowest BCUT2D eigenvalue weighted by molar-refractivity contribution is 0.0923. The highest BCUT2D eigenvalue weighted by Crippen LogP contribution is 2.25. The van der Waals surface area contributed by atoms with E-state index >= 15 is 0 Å². The fourth-order valence-corrected chi connectivity index (χ4v) is 3.50. The number of fused-ring (bicyclic) bond motifs is 1. The standard InChI is InChI=1S/C20H20N6O/c1-25-13-22-12-18(25)20(27)23-16-6-8-26(9-7-16)19-15(11-21)10-14-4-2-3-5-17(14)24-19/h2-5,10,12-13,16H,6-9H2,1H3,(H,23,27). The van der Waals surface area contributed by atoms with Gasteiger partial charge in [-0.15, -0.1) is 0 Å². The molecule has 0 saturated carbocycles. The van der Waals surface area contributed by atoms with E-state index in [1.165, 1.54) is 0 Å². The van der Waals surface area contributed by atoms with E-state index in [-0.39, 0.29) is 11.9 Å². The maximum absolute atomic E-state index is 12.4. The molecule has 0 unspecified atom stereocenters. The molecule has 4 rings (SSSR count). The van der Waals surface area contributed by atoms with E-state index < -0.39 is 0 Å². The number of pyridine rings is 1. The molecule has 2 aromatic heterocycles. The number of aromatic nitrogens is 3. The number of imidazole rings is 1. The Bertz CT molecular complexity index is 1030. The summed E-state index contributed by atoms with van der Waals surface area (Å²) in [6.45, 7) is 1.49. The summed E-state index contributed by atoms with van der Waals surface area (Å²) in [6, 6.07) is 12.1. The first-order chi connectivity index (χ1) is 13.2. The first-order valence-electron chi connectivity index (χ1n) is 8.97. The number of carbonyl (C=O) groups is 1. The summed E-state index contributed by atoms with van der Waals surface area (Å²) in [4.78, 5) is 23.2. The van der Waals surface area contributed by atoms with Crippen molar-refractivity contribution in [3.05, 3.63) is 54.1 Å². The number of nitrogens with zero attached hydrogens (tertiary/aromatic N) is 5. The van der Waals surface area contributed by atoms with Crippen molar-refractivity contribution in [1.82, 2.24) is 19.9 Å². The number of rotatable bonds is 3. The molecule has 7 nitrogen and oxygen atoms in total. The minimum atomic E-state index is -0.102. The van der Waals surface area contributed by atoms with Crippen LogP contribution in [-0.4, -0.2) is 39.6 Å². The third kappa shape index (κ3) is 3.34. The highest BCUT2D eigenvalue weighted by atomic mass is 16.2. The number of nitriles is 1. The monoisotopic (exact) mass is 360 g/mol. The van der Waals surface area contributed by atoms with Gasteiger partial charge >= 0.3 is 0 Å². The lowest BCUT2D eigenvalue weighted by Crippen LogP contribution is -2.45. The number of aryl methyl sites for hydroxylation is 1. The van der Waals surface area contributed by atoms with E-state index in [2.05, 4.69) is 21.3 Å². The van der Waals surface area contributed by atoms with Gasteiger partial charge in [-0.1, -0.05) is 18.2 Å². The fourth-order valence-electron chi connectivity index (χ4n) is 3.50. The second-order valence-corrected chi connectivity index (χ2v) is 6.79. The van der Waals surface area contributed by atoms with Gasteiger partial charge < -0.3 is 14.8 Å². The van der Waals surface area contributed by atoms with Crippen molar-refractivity contribution in [2.75, 3.05) is 18.0 Å². The Balaban J connectivity index is 1.46. The predicted octanol–water partition coefficient (Wildman–Crippen LogP) is 2.24. The molecule has 136 valence electrons. The van der Waals surface area contributed by atoms with Gasteiger partial charge in [0.25, 0.3) is 5.91 Å². The van der Waals surface area contributed by atoms with Gasteiger partial charge in [0.1, 0.15) is 17.6 Å². The molecular formula is C20H20N6O. The summed E-state index contributed by atoms with van der Waals surface area (Å²) in [5, 5.41) is 13.6. The predicted molar refractivity (Wildman–Crippen MR) is 102 cm³/mol. The Labute approximate surface area is 157 Å². The third-order valence-electron chi connectivity index (χ3n) is 5.00. The quantitative estimate of drug-likeness (QED) is 0.774. The Morgan fingerprint density at radius 3 is 2.78 bits per heavy atom. The maximum atomic E-state index is 12.4. The summed E-state index contributed by atoms with van der Waals surface area (Å²) in [7, 11) is 1.80. The number of nitrogens with one attached hydrogen (secondary N) is 1. The number of para-hydroxylation sites is 1. The lowest BCUT2D eigenvalue weighted by Gasteiger charge is -2.33. The van der Waals surface area contributed by atoms with Crippen molar-refractivity contribution in [3.63, 3.8) is 0 Å². The first-order valence-corrected chi connectivity index (χ1v) is 8.97. The SMILES string of the molecule is Cn1cncc1C(=O)NC1CCN(c2nc3ccccc3cc2C#N)CC1. The summed E-state index contributed by atoms with van der Waals surface area (Å²) in [6.07, 6.45) is 4.81. The van der Waals surface area contributed by atoms with Crippen molar-refractivity contribution >= 4 is 22.6 Å². The zero-order valence-corrected chi connectivity index (χ0v) is 15.1. The van der Waals surface area contributed by atoms with Gasteiger partial charge in [-0.25, -0.2) is 9.97 Å². The molecule has 1 fully saturated rings. The van der Waals surface area contributed by atoms with E-state index in [9.17, 15) is 10.1 Å². The van der Waals surface area contributed by atoms with Crippen LogP contribution >= 0.6 is 0 Å². The fraction of sp³-hybridized carbons (Fsp3) is 0.300. The number of anilines is 1. The summed E-state index contributed by atoms with van der Waals surface area (Å²) in [5.74, 6) is 0.627. The van der Waals surface area contributed by atoms with Crippen molar-refractivity contribution < 1.29 is 4.79 Å². The average Bonchev–Trinajstić information content (AvgIpc) is 3.13. The lowest BCUT2D eigenvalue weighted by atomic mass is 10.0. The molecule has 27 heavy (non-hydrogen) atoms. The van der Waals surface area contributed by atoms with Gasteiger partial charge in [-0.05, 0) is 25.0 Å². The van der Waals surface area contributed by atoms with E-state index in [1.54, 1.807) is 24.1 Å². The number of carbonyl (C=O) groups excluding carboxylic acids is 1. The summed E-state index contributed by atoms with van der Waals surface area (Å²) < 4.78 is 1.71. The zero-order valence-electron chi connectivity index (χ0n) is 15.1. The van der Waals surface area contributed by atoms with E-state index in [4.69, 9.17) is 4.98 Å². The van der Waals surface area contributed by atoms with Crippen LogP contribution < -0.4 is 10.2 Å². The second-order valence-electron chi connectivity index (χ2n) is 6.79. The van der Waals surface area contributed by atoms with E-state index in [0.29, 0.717) is 11.3 Å². The molecule has 0 bridgehead atoms. The number of benzene rings is 1. The van der Waals surface area contributed by atoms with Crippen molar-refractivity contribution in [1.29, 1.82) is 5.26 Å². The van der Waals surface area contributed by atoms with Crippen LogP contribution in [0.3, 0.4) is 0 Å². The van der Waals surface area contributed by atoms with Gasteiger partial charge in [0.15, 0.2) is 0 Å². The topological polar surface area (TPSA) is 86.8 Å². The number of hydrogen-bond acceptors (Lipinski definition) is 5. The molecular weight excluding hydrogens is 340 g/mol. The van der Waals surface area contributed by atoms with E-state index in [1.807, 2.05) is 30.3 Å². The summed E-state index contributed by atoms with van der Waals surface area (Å²) in [5.41, 5.74) is 2.03. The Kier molecular flexibility index (Phi) is 4.47. The van der Waals surface area contributed by atoms with Crippen molar-refractivity contribution in [2.45, 2.75) is 18.9 Å². The molecule has 0 spiro atoms. The van der Waals surface area contributed by atoms with Crippen LogP contribution in [0.4, 0.5) is 5.82 Å². The number of hydrogen-bond donors (Lipinski definition) is 1. The van der Waals surface area contributed by atoms with Crippen molar-refractivity contribution in [3.8, 4) is 6.07 Å². The average molecular weight is 360 g/mol. The molecule has 1 aromatic carbocycles. The van der Waals surface area contributed by atoms with Crippen LogP contribution in [0.25, 0.3) is 10.9 Å². The van der Waals surface area contributed by atoms with Gasteiger partial charge in [0.2, 0.25) is 0 Å². The normalized spacial score (nSPS) is 14.9. The highest BCUT2D eigenvalue weighted by Gasteiger charge is 2.24. The smallest absolute Gasteiger partial charge is 0.269 e. The molecule has 7 heteroatoms. The van der Waals surface area contributed by atoms with Gasteiger partial charge in [0, 0.05) is 31.6 Å². The molecule has 1 aliphatic heterocycles. The van der Waals surface area contributed by atoms with Gasteiger partial charge in [0.05, 0.1) is 23.6 Å². The van der Waals surface area contributed by atoms with Gasteiger partial charge in [-0.2, -0.15) is 5.26 Å². The number of piperidine rings is 1.